The molecule has 0 unspecified atom stereocenters. The van der Waals surface area contributed by atoms with Gasteiger partial charge in [0.15, 0.2) is 5.78 Å². The first-order valence-electron chi connectivity index (χ1n) is 14.8. The minimum Gasteiger partial charge on any atom is -0.871 e. The van der Waals surface area contributed by atoms with Gasteiger partial charge in [0.25, 0.3) is 0 Å². The van der Waals surface area contributed by atoms with Crippen LogP contribution >= 0.6 is 0 Å². The molecule has 0 atom stereocenters. The molecule has 5 aromatic carbocycles. The summed E-state index contributed by atoms with van der Waals surface area (Å²) in [7, 11) is 3.98. The molecule has 7 rings (SSSR count). The van der Waals surface area contributed by atoms with Crippen molar-refractivity contribution in [2.75, 3.05) is 45.3 Å². The third-order valence-corrected chi connectivity index (χ3v) is 8.73. The summed E-state index contributed by atoms with van der Waals surface area (Å²) in [5.41, 5.74) is 5.36. The number of aliphatic hydroxyl groups excluding tert-OH is 2. The van der Waals surface area contributed by atoms with Crippen LogP contribution in [0.5, 0.6) is 0 Å². The van der Waals surface area contributed by atoms with Crippen LogP contribution in [0.4, 0.5) is 5.69 Å². The second kappa shape index (κ2) is 10.9. The first-order chi connectivity index (χ1) is 21.4. The Morgan fingerprint density at radius 3 is 1.82 bits per heavy atom. The van der Waals surface area contributed by atoms with Crippen LogP contribution in [0.15, 0.2) is 108 Å². The lowest BCUT2D eigenvalue weighted by atomic mass is 9.75. The number of nitrogens with zero attached hydrogens (tertiary/aromatic N) is 2. The number of hydrogen-bond donors (Lipinski definition) is 2. The molecule has 0 spiro atoms. The van der Waals surface area contributed by atoms with E-state index in [-0.39, 0.29) is 35.9 Å². The van der Waals surface area contributed by atoms with Gasteiger partial charge in [0, 0.05) is 41.4 Å². The number of aliphatic hydroxyl groups is 2. The van der Waals surface area contributed by atoms with E-state index in [1.807, 2.05) is 96.4 Å². The second-order valence-corrected chi connectivity index (χ2v) is 11.5. The number of anilines is 1. The molecule has 44 heavy (non-hydrogen) atoms. The summed E-state index contributed by atoms with van der Waals surface area (Å²) in [4.78, 5) is 16.0. The fourth-order valence-corrected chi connectivity index (χ4v) is 6.61. The van der Waals surface area contributed by atoms with Crippen molar-refractivity contribution in [3.63, 3.8) is 0 Å². The Kier molecular flexibility index (Phi) is 6.88. The summed E-state index contributed by atoms with van der Waals surface area (Å²) in [5.74, 6) is -0.515. The van der Waals surface area contributed by atoms with Gasteiger partial charge in [0.2, 0.25) is 5.71 Å². The number of allylic oxidation sites excluding steroid dienone is 5. The number of carbonyl (C=O) groups is 1. The summed E-state index contributed by atoms with van der Waals surface area (Å²) in [5, 5.41) is 39.3. The molecule has 0 amide bonds. The van der Waals surface area contributed by atoms with Crippen LogP contribution in [-0.2, 0) is 4.79 Å². The van der Waals surface area contributed by atoms with E-state index in [9.17, 15) is 20.1 Å². The molecule has 0 saturated carbocycles. The summed E-state index contributed by atoms with van der Waals surface area (Å²) >= 11 is 0. The Bertz CT molecular complexity index is 2140. The molecule has 0 aromatic heterocycles. The van der Waals surface area contributed by atoms with Crippen LogP contribution in [0.3, 0.4) is 0 Å². The Morgan fingerprint density at radius 1 is 0.682 bits per heavy atom. The van der Waals surface area contributed by atoms with Crippen molar-refractivity contribution in [3.8, 4) is 0 Å². The van der Waals surface area contributed by atoms with Gasteiger partial charge >= 0.3 is 0 Å². The van der Waals surface area contributed by atoms with E-state index in [4.69, 9.17) is 0 Å². The minimum atomic E-state index is -0.258. The monoisotopic (exact) mass is 580 g/mol. The second-order valence-electron chi connectivity index (χ2n) is 11.5. The van der Waals surface area contributed by atoms with Gasteiger partial charge in [0.05, 0.1) is 18.8 Å². The highest BCUT2D eigenvalue weighted by molar-refractivity contribution is 6.43. The van der Waals surface area contributed by atoms with E-state index < -0.39 is 0 Å². The maximum absolute atomic E-state index is 14.0. The number of carbonyl (C=O) groups excluding carboxylic acids is 1. The fraction of sp³-hybridized carbons (Fsp3) is 0.158. The van der Waals surface area contributed by atoms with Gasteiger partial charge < -0.3 is 20.2 Å². The summed E-state index contributed by atoms with van der Waals surface area (Å²) in [6.07, 6.45) is 3.87. The molecule has 0 radical (unpaired) electrons. The molecule has 6 heteroatoms. The van der Waals surface area contributed by atoms with Crippen molar-refractivity contribution >= 4 is 60.6 Å². The van der Waals surface area contributed by atoms with E-state index in [0.29, 0.717) is 24.2 Å². The van der Waals surface area contributed by atoms with Crippen molar-refractivity contribution in [3.05, 3.63) is 125 Å². The van der Waals surface area contributed by atoms with E-state index in [2.05, 4.69) is 24.3 Å². The van der Waals surface area contributed by atoms with Gasteiger partial charge in [-0.2, -0.15) is 0 Å². The number of ketones is 1. The Hall–Kier alpha value is -5.04. The molecule has 5 aromatic rings. The molecule has 2 aliphatic carbocycles. The lowest BCUT2D eigenvalue weighted by Gasteiger charge is -2.34. The lowest BCUT2D eigenvalue weighted by Crippen LogP contribution is -2.31. The molecule has 0 heterocycles. The number of fused-ring (bicyclic) bond motifs is 4. The molecule has 2 N–H and O–H groups in total. The summed E-state index contributed by atoms with van der Waals surface area (Å²) in [6.45, 7) is 0.552. The van der Waals surface area contributed by atoms with Crippen molar-refractivity contribution in [1.82, 2.24) is 0 Å². The van der Waals surface area contributed by atoms with Crippen LogP contribution in [0, 0.1) is 0 Å². The molecule has 0 bridgehead atoms. The molecular formula is C38H32N2O4. The molecular weight excluding hydrogens is 548 g/mol. The molecule has 6 nitrogen and oxygen atoms in total. The SMILES string of the molecule is C[N+](C)=C1C=CC(=C2C(=O)C(c3ccc(N(CCO)CCO)c4cc5ccccc5cc34)=C2[O-])c2cc3ccccc3cc21. The lowest BCUT2D eigenvalue weighted by molar-refractivity contribution is -0.463. The van der Waals surface area contributed by atoms with Gasteiger partial charge in [0.1, 0.15) is 14.1 Å². The van der Waals surface area contributed by atoms with E-state index in [1.54, 1.807) is 0 Å². The normalized spacial score (nSPS) is 16.2. The van der Waals surface area contributed by atoms with Crippen LogP contribution in [-0.4, -0.2) is 66.7 Å². The van der Waals surface area contributed by atoms with Crippen molar-refractivity contribution in [1.29, 1.82) is 0 Å². The van der Waals surface area contributed by atoms with Gasteiger partial charge in [-0.15, -0.1) is 0 Å². The number of Topliss-reactive ketones (excluding diaryl/α,β-unsaturated/α-hetero) is 1. The van der Waals surface area contributed by atoms with Gasteiger partial charge in [-0.1, -0.05) is 60.4 Å². The highest BCUT2D eigenvalue weighted by Crippen LogP contribution is 2.45. The third-order valence-electron chi connectivity index (χ3n) is 8.73. The number of hydrogen-bond acceptors (Lipinski definition) is 5. The minimum absolute atomic E-state index is 0.0701. The number of rotatable bonds is 6. The van der Waals surface area contributed by atoms with Crippen LogP contribution in [0.25, 0.3) is 43.5 Å². The smallest absolute Gasteiger partial charge is 0.207 e. The first-order valence-corrected chi connectivity index (χ1v) is 14.8. The highest BCUT2D eigenvalue weighted by Gasteiger charge is 2.34. The maximum atomic E-state index is 14.0. The van der Waals surface area contributed by atoms with Crippen molar-refractivity contribution < 1.29 is 24.7 Å². The van der Waals surface area contributed by atoms with E-state index >= 15 is 0 Å². The zero-order valence-electron chi connectivity index (χ0n) is 24.7. The Morgan fingerprint density at radius 2 is 1.25 bits per heavy atom. The molecule has 2 aliphatic rings. The van der Waals surface area contributed by atoms with Crippen molar-refractivity contribution in [2.45, 2.75) is 0 Å². The quantitative estimate of drug-likeness (QED) is 0.173. The zero-order valence-corrected chi connectivity index (χ0v) is 24.7. The molecule has 218 valence electrons. The topological polar surface area (TPSA) is 86.8 Å². The first kappa shape index (κ1) is 27.8. The highest BCUT2D eigenvalue weighted by atomic mass is 16.3. The maximum Gasteiger partial charge on any atom is 0.207 e. The van der Waals surface area contributed by atoms with E-state index in [0.717, 1.165) is 54.8 Å². The predicted molar refractivity (Wildman–Crippen MR) is 176 cm³/mol. The fourth-order valence-electron chi connectivity index (χ4n) is 6.61. The molecule has 0 aliphatic heterocycles. The predicted octanol–water partition coefficient (Wildman–Crippen LogP) is 4.68. The van der Waals surface area contributed by atoms with Crippen LogP contribution in [0.1, 0.15) is 16.7 Å². The zero-order chi connectivity index (χ0) is 30.5. The van der Waals surface area contributed by atoms with E-state index in [1.165, 1.54) is 0 Å². The summed E-state index contributed by atoms with van der Waals surface area (Å²) < 4.78 is 2.04. The largest absolute Gasteiger partial charge is 0.871 e. The van der Waals surface area contributed by atoms with Gasteiger partial charge in [-0.3, -0.25) is 4.79 Å². The van der Waals surface area contributed by atoms with Crippen LogP contribution in [0.2, 0.25) is 0 Å². The Balaban J connectivity index is 1.45. The molecule has 0 fully saturated rings. The average molecular weight is 581 g/mol. The summed E-state index contributed by atoms with van der Waals surface area (Å²) in [6, 6.07) is 28.1. The standard InChI is InChI=1S/C38H32N2O4/c1-39(2)33-13-11-27(29-19-23-7-3-5-9-25(23)21-31(29)33)35-37(43)36(38(35)44)28-12-14-34(40(15-17-41)16-18-42)32-22-26-10-6-4-8-24(26)20-30(28)32/h3-14,19-22,41-42H,15-18H2,1-2H3. The van der Waals surface area contributed by atoms with Gasteiger partial charge in [-0.25, -0.2) is 4.58 Å². The third kappa shape index (κ3) is 4.34. The number of benzene rings is 5. The van der Waals surface area contributed by atoms with Crippen molar-refractivity contribution in [2.24, 2.45) is 0 Å². The van der Waals surface area contributed by atoms with Crippen LogP contribution < -0.4 is 10.0 Å². The Labute approximate surface area is 255 Å². The average Bonchev–Trinajstić information content (AvgIpc) is 3.03. The van der Waals surface area contributed by atoms with Gasteiger partial charge in [-0.05, 0) is 80.0 Å². The molecule has 0 saturated heterocycles.